The molecule has 0 aliphatic heterocycles. The van der Waals surface area contributed by atoms with Crippen LogP contribution in [0.4, 0.5) is 0 Å². The molecule has 0 heterocycles. The van der Waals surface area contributed by atoms with Crippen molar-refractivity contribution in [1.29, 1.82) is 0 Å². The second-order valence-corrected chi connectivity index (χ2v) is 5.92. The van der Waals surface area contributed by atoms with Crippen LogP contribution in [0.2, 0.25) is 0 Å². The fourth-order valence-corrected chi connectivity index (χ4v) is 2.90. The molecule has 1 fully saturated rings. The highest BCUT2D eigenvalue weighted by Gasteiger charge is 2.27. The van der Waals surface area contributed by atoms with Gasteiger partial charge in [0.15, 0.2) is 0 Å². The van der Waals surface area contributed by atoms with Gasteiger partial charge in [-0.1, -0.05) is 57.0 Å². The molecule has 0 radical (unpaired) electrons. The third-order valence-corrected chi connectivity index (χ3v) is 4.31. The molecule has 112 valence electrons. The molecule has 0 bridgehead atoms. The van der Waals surface area contributed by atoms with Crippen LogP contribution >= 0.6 is 0 Å². The molecule has 1 saturated carbocycles. The Balaban J connectivity index is 1.81. The molecule has 1 N–H and O–H groups in total. The van der Waals surface area contributed by atoms with Crippen molar-refractivity contribution in [1.82, 2.24) is 10.2 Å². The summed E-state index contributed by atoms with van der Waals surface area (Å²) in [6.45, 7) is 8.04. The third kappa shape index (κ3) is 4.92. The van der Waals surface area contributed by atoms with Crippen LogP contribution in [0, 0.1) is 0 Å². The Bertz CT molecular complexity index is 359. The van der Waals surface area contributed by atoms with E-state index in [-0.39, 0.29) is 0 Å². The minimum absolute atomic E-state index is 0.522. The fourth-order valence-electron chi connectivity index (χ4n) is 2.90. The number of likely N-dealkylation sites (N-methyl/N-ethyl adjacent to an activating group) is 1. The summed E-state index contributed by atoms with van der Waals surface area (Å²) in [7, 11) is 0. The highest BCUT2D eigenvalue weighted by molar-refractivity contribution is 5.18. The highest BCUT2D eigenvalue weighted by atomic mass is 15.2. The zero-order chi connectivity index (χ0) is 14.2. The Kier molecular flexibility index (Phi) is 6.55. The zero-order valence-electron chi connectivity index (χ0n) is 13.1. The predicted molar refractivity (Wildman–Crippen MR) is 87.0 cm³/mol. The van der Waals surface area contributed by atoms with Crippen molar-refractivity contribution in [2.24, 2.45) is 0 Å². The van der Waals surface area contributed by atoms with Gasteiger partial charge < -0.3 is 5.32 Å². The lowest BCUT2D eigenvalue weighted by Gasteiger charge is -2.23. The van der Waals surface area contributed by atoms with Crippen LogP contribution in [0.5, 0.6) is 0 Å². The van der Waals surface area contributed by atoms with Gasteiger partial charge >= 0.3 is 0 Å². The van der Waals surface area contributed by atoms with Gasteiger partial charge in [-0.05, 0) is 31.4 Å². The SMILES string of the molecule is CCCCC(NCCN(CC)C1CC1)c1ccccc1. The third-order valence-electron chi connectivity index (χ3n) is 4.31. The lowest BCUT2D eigenvalue weighted by molar-refractivity contribution is 0.270. The number of rotatable bonds is 10. The Hall–Kier alpha value is -0.860. The van der Waals surface area contributed by atoms with Gasteiger partial charge in [-0.25, -0.2) is 0 Å². The first kappa shape index (κ1) is 15.5. The normalized spacial score (nSPS) is 16.6. The summed E-state index contributed by atoms with van der Waals surface area (Å²) in [6.07, 6.45) is 6.63. The Morgan fingerprint density at radius 2 is 1.95 bits per heavy atom. The molecule has 0 amide bonds. The van der Waals surface area contributed by atoms with E-state index in [4.69, 9.17) is 0 Å². The summed E-state index contributed by atoms with van der Waals surface area (Å²) in [4.78, 5) is 2.62. The minimum atomic E-state index is 0.522. The van der Waals surface area contributed by atoms with Crippen molar-refractivity contribution in [2.75, 3.05) is 19.6 Å². The molecule has 0 saturated heterocycles. The summed E-state index contributed by atoms with van der Waals surface area (Å²) in [6, 6.07) is 12.3. The first-order valence-electron chi connectivity index (χ1n) is 8.37. The highest BCUT2D eigenvalue weighted by Crippen LogP contribution is 2.26. The smallest absolute Gasteiger partial charge is 0.0320 e. The lowest BCUT2D eigenvalue weighted by Crippen LogP contribution is -2.35. The zero-order valence-corrected chi connectivity index (χ0v) is 13.1. The maximum absolute atomic E-state index is 3.78. The van der Waals surface area contributed by atoms with E-state index in [9.17, 15) is 0 Å². The van der Waals surface area contributed by atoms with Crippen molar-refractivity contribution in [3.8, 4) is 0 Å². The molecule has 0 spiro atoms. The van der Waals surface area contributed by atoms with Crippen LogP contribution in [0.1, 0.15) is 57.6 Å². The number of nitrogens with zero attached hydrogens (tertiary/aromatic N) is 1. The summed E-state index contributed by atoms with van der Waals surface area (Å²) in [5, 5.41) is 3.78. The predicted octanol–water partition coefficient (Wildman–Crippen LogP) is 3.99. The second-order valence-electron chi connectivity index (χ2n) is 5.92. The monoisotopic (exact) mass is 274 g/mol. The molecule has 1 aromatic carbocycles. The van der Waals surface area contributed by atoms with Crippen LogP contribution in [-0.2, 0) is 0 Å². The topological polar surface area (TPSA) is 15.3 Å². The van der Waals surface area contributed by atoms with E-state index in [1.54, 1.807) is 0 Å². The molecule has 20 heavy (non-hydrogen) atoms. The number of hydrogen-bond acceptors (Lipinski definition) is 2. The van der Waals surface area contributed by atoms with Crippen LogP contribution in [0.15, 0.2) is 30.3 Å². The van der Waals surface area contributed by atoms with Crippen molar-refractivity contribution >= 4 is 0 Å². The van der Waals surface area contributed by atoms with Crippen molar-refractivity contribution in [3.63, 3.8) is 0 Å². The summed E-state index contributed by atoms with van der Waals surface area (Å²) < 4.78 is 0. The Labute approximate surface area is 124 Å². The maximum atomic E-state index is 3.78. The van der Waals surface area contributed by atoms with Crippen LogP contribution in [0.25, 0.3) is 0 Å². The number of nitrogens with one attached hydrogen (secondary N) is 1. The molecular weight excluding hydrogens is 244 g/mol. The second kappa shape index (κ2) is 8.43. The molecule has 1 unspecified atom stereocenters. The summed E-state index contributed by atoms with van der Waals surface area (Å²) in [5.74, 6) is 0. The number of hydrogen-bond donors (Lipinski definition) is 1. The summed E-state index contributed by atoms with van der Waals surface area (Å²) >= 11 is 0. The minimum Gasteiger partial charge on any atom is -0.309 e. The average molecular weight is 274 g/mol. The van der Waals surface area contributed by atoms with E-state index in [0.717, 1.165) is 12.6 Å². The van der Waals surface area contributed by atoms with E-state index in [0.29, 0.717) is 6.04 Å². The molecule has 2 rings (SSSR count). The molecule has 1 aromatic rings. The van der Waals surface area contributed by atoms with Crippen molar-refractivity contribution < 1.29 is 0 Å². The number of unbranched alkanes of at least 4 members (excludes halogenated alkanes) is 1. The van der Waals surface area contributed by atoms with Gasteiger partial charge in [0.05, 0.1) is 0 Å². The van der Waals surface area contributed by atoms with Gasteiger partial charge in [-0.2, -0.15) is 0 Å². The standard InChI is InChI=1S/C18H30N2/c1-3-5-11-18(16-9-7-6-8-10-16)19-14-15-20(4-2)17-12-13-17/h6-10,17-19H,3-5,11-15H2,1-2H3. The van der Waals surface area contributed by atoms with Crippen LogP contribution in [-0.4, -0.2) is 30.6 Å². The van der Waals surface area contributed by atoms with Gasteiger partial charge in [0.1, 0.15) is 0 Å². The van der Waals surface area contributed by atoms with Gasteiger partial charge in [-0.15, -0.1) is 0 Å². The Morgan fingerprint density at radius 3 is 2.55 bits per heavy atom. The maximum Gasteiger partial charge on any atom is 0.0320 e. The molecule has 1 aliphatic rings. The van der Waals surface area contributed by atoms with E-state index in [1.807, 2.05) is 0 Å². The first-order valence-corrected chi connectivity index (χ1v) is 8.37. The Morgan fingerprint density at radius 1 is 1.20 bits per heavy atom. The largest absolute Gasteiger partial charge is 0.309 e. The van der Waals surface area contributed by atoms with Gasteiger partial charge in [0, 0.05) is 25.2 Å². The van der Waals surface area contributed by atoms with Gasteiger partial charge in [0.2, 0.25) is 0 Å². The van der Waals surface area contributed by atoms with Crippen molar-refractivity contribution in [3.05, 3.63) is 35.9 Å². The first-order chi connectivity index (χ1) is 9.85. The van der Waals surface area contributed by atoms with Gasteiger partial charge in [-0.3, -0.25) is 4.90 Å². The molecule has 1 atom stereocenters. The molecule has 2 heteroatoms. The van der Waals surface area contributed by atoms with Crippen molar-refractivity contribution in [2.45, 2.75) is 58.0 Å². The number of benzene rings is 1. The summed E-state index contributed by atoms with van der Waals surface area (Å²) in [5.41, 5.74) is 1.44. The molecule has 2 nitrogen and oxygen atoms in total. The fraction of sp³-hybridized carbons (Fsp3) is 0.667. The van der Waals surface area contributed by atoms with E-state index >= 15 is 0 Å². The molecular formula is C18H30N2. The van der Waals surface area contributed by atoms with Gasteiger partial charge in [0.25, 0.3) is 0 Å². The van der Waals surface area contributed by atoms with Crippen LogP contribution < -0.4 is 5.32 Å². The van der Waals surface area contributed by atoms with Crippen LogP contribution in [0.3, 0.4) is 0 Å². The van der Waals surface area contributed by atoms with E-state index in [1.165, 1.54) is 50.8 Å². The average Bonchev–Trinajstić information content (AvgIpc) is 3.32. The molecule has 0 aromatic heterocycles. The van der Waals surface area contributed by atoms with E-state index < -0.39 is 0 Å². The van der Waals surface area contributed by atoms with E-state index in [2.05, 4.69) is 54.4 Å². The lowest BCUT2D eigenvalue weighted by atomic mass is 10.0. The quantitative estimate of drug-likeness (QED) is 0.694. The molecule has 1 aliphatic carbocycles.